The molecule has 1 aromatic rings. The molecule has 0 radical (unpaired) electrons. The zero-order valence-electron chi connectivity index (χ0n) is 24.0. The second-order valence-electron chi connectivity index (χ2n) is 12.0. The molecule has 5 atom stereocenters. The third-order valence-corrected chi connectivity index (χ3v) is 9.60. The number of ether oxygens (including phenoxy) is 2. The van der Waals surface area contributed by atoms with Crippen LogP contribution in [0.5, 0.6) is 0 Å². The van der Waals surface area contributed by atoms with E-state index in [1.165, 1.54) is 12.1 Å². The first-order chi connectivity index (χ1) is 20.3. The molecule has 11 heteroatoms. The van der Waals surface area contributed by atoms with Gasteiger partial charge < -0.3 is 24.2 Å². The van der Waals surface area contributed by atoms with Crippen molar-refractivity contribution in [2.75, 3.05) is 39.8 Å². The van der Waals surface area contributed by atoms with Crippen molar-refractivity contribution >= 4 is 23.5 Å². The number of hydrogen-bond acceptors (Lipinski definition) is 9. The number of carbonyl (C=O) groups is 2. The number of amidine groups is 2. The van der Waals surface area contributed by atoms with E-state index in [0.717, 1.165) is 24.9 Å². The molecule has 4 unspecified atom stereocenters. The lowest BCUT2D eigenvalue weighted by Crippen LogP contribution is -2.62. The van der Waals surface area contributed by atoms with E-state index in [-0.39, 0.29) is 54.6 Å². The van der Waals surface area contributed by atoms with Crippen molar-refractivity contribution in [1.29, 1.82) is 5.26 Å². The summed E-state index contributed by atoms with van der Waals surface area (Å²) in [6, 6.07) is 6.51. The van der Waals surface area contributed by atoms with Gasteiger partial charge in [-0.3, -0.25) is 9.59 Å². The van der Waals surface area contributed by atoms with Crippen molar-refractivity contribution in [2.24, 2.45) is 15.9 Å². The summed E-state index contributed by atoms with van der Waals surface area (Å²) in [6.07, 6.45) is 4.96. The molecular weight excluding hydrogens is 539 g/mol. The number of halogens is 1. The van der Waals surface area contributed by atoms with Gasteiger partial charge in [0.05, 0.1) is 25.1 Å². The number of ketones is 1. The lowest BCUT2D eigenvalue weighted by molar-refractivity contribution is -0.157. The molecule has 10 nitrogen and oxygen atoms in total. The first-order valence-corrected chi connectivity index (χ1v) is 14.8. The Labute approximate surface area is 245 Å². The smallest absolute Gasteiger partial charge is 0.314 e. The van der Waals surface area contributed by atoms with Crippen LogP contribution in [0.1, 0.15) is 43.2 Å². The Kier molecular flexibility index (Phi) is 7.85. The number of benzene rings is 1. The van der Waals surface area contributed by atoms with Crippen molar-refractivity contribution in [3.63, 3.8) is 0 Å². The minimum Gasteiger partial charge on any atom is -0.462 e. The number of piperazine rings is 1. The van der Waals surface area contributed by atoms with Crippen LogP contribution in [0.2, 0.25) is 0 Å². The molecule has 0 N–H and O–H groups in total. The van der Waals surface area contributed by atoms with Crippen molar-refractivity contribution in [3.8, 4) is 6.07 Å². The number of amides is 1. The minimum atomic E-state index is -1.08. The summed E-state index contributed by atoms with van der Waals surface area (Å²) in [5.41, 5.74) is 0.223. The highest BCUT2D eigenvalue weighted by atomic mass is 19.1. The van der Waals surface area contributed by atoms with Crippen LogP contribution in [0, 0.1) is 23.1 Å². The maximum absolute atomic E-state index is 14.5. The minimum absolute atomic E-state index is 0.0439. The van der Waals surface area contributed by atoms with Crippen LogP contribution in [0.3, 0.4) is 0 Å². The summed E-state index contributed by atoms with van der Waals surface area (Å²) >= 11 is 0. The van der Waals surface area contributed by atoms with E-state index >= 15 is 0 Å². The number of hydrogen-bond donors (Lipinski definition) is 0. The molecule has 3 fully saturated rings. The molecule has 6 rings (SSSR count). The van der Waals surface area contributed by atoms with E-state index in [9.17, 15) is 19.2 Å². The molecule has 222 valence electrons. The Morgan fingerprint density at radius 2 is 2.17 bits per heavy atom. The topological polar surface area (TPSA) is 111 Å². The Hall–Kier alpha value is -3.62. The summed E-state index contributed by atoms with van der Waals surface area (Å²) in [4.78, 5) is 42.5. The van der Waals surface area contributed by atoms with Gasteiger partial charge in [-0.25, -0.2) is 9.38 Å². The van der Waals surface area contributed by atoms with Gasteiger partial charge in [0.1, 0.15) is 29.9 Å². The number of rotatable bonds is 4. The van der Waals surface area contributed by atoms with Gasteiger partial charge in [-0.05, 0) is 57.0 Å². The van der Waals surface area contributed by atoms with Crippen LogP contribution in [0.4, 0.5) is 4.39 Å². The number of likely N-dealkylation sites (N-methyl/N-ethyl adjacent to an activating group) is 1. The predicted molar refractivity (Wildman–Crippen MR) is 153 cm³/mol. The molecule has 5 aliphatic rings. The number of aliphatic imine (C=N–C) groups is 2. The van der Waals surface area contributed by atoms with Gasteiger partial charge in [-0.1, -0.05) is 18.7 Å². The lowest BCUT2D eigenvalue weighted by Gasteiger charge is -2.48. The average Bonchev–Trinajstić information content (AvgIpc) is 3.42. The Morgan fingerprint density at radius 3 is 2.93 bits per heavy atom. The van der Waals surface area contributed by atoms with Crippen molar-refractivity contribution < 1.29 is 23.5 Å². The molecule has 0 bridgehead atoms. The summed E-state index contributed by atoms with van der Waals surface area (Å²) in [5.74, 6) is -0.225. The van der Waals surface area contributed by atoms with Crippen molar-refractivity contribution in [2.45, 2.75) is 68.9 Å². The number of nitrogens with zero attached hydrogens (tertiary/aromatic N) is 6. The summed E-state index contributed by atoms with van der Waals surface area (Å²) < 4.78 is 26.8. The van der Waals surface area contributed by atoms with Crippen LogP contribution >= 0.6 is 0 Å². The third-order valence-electron chi connectivity index (χ3n) is 9.60. The maximum Gasteiger partial charge on any atom is 0.314 e. The van der Waals surface area contributed by atoms with Gasteiger partial charge in [0.2, 0.25) is 5.91 Å². The van der Waals surface area contributed by atoms with Gasteiger partial charge in [-0.15, -0.1) is 0 Å². The molecule has 1 spiro atoms. The highest BCUT2D eigenvalue weighted by Gasteiger charge is 2.55. The molecular formula is C31H37FN6O4. The van der Waals surface area contributed by atoms with Crippen LogP contribution < -0.4 is 0 Å². The standard InChI is InChI=1S/C31H37FN6O4/c1-3-26(39)38-15-14-37(17-21(38)10-12-33)29-23-9-11-31(16-20-6-4-8-25(32)24(20)19-42-31)28(40)27(23)34-30(35-29)41-18-22-7-5-13-36(22)2/h3-4,6,8,21-23,27H,1,5,7,9-11,13-19H2,2H3/t21?,22?,23?,27?,31-/m0/s1. The first kappa shape index (κ1) is 28.5. The molecule has 1 aliphatic carbocycles. The Morgan fingerprint density at radius 1 is 1.31 bits per heavy atom. The van der Waals surface area contributed by atoms with E-state index in [4.69, 9.17) is 19.5 Å². The maximum atomic E-state index is 14.5. The number of Topliss-reactive ketones (excluding diaryl/α,β-unsaturated/α-hetero) is 1. The lowest BCUT2D eigenvalue weighted by atomic mass is 9.69. The fraction of sp³-hybridized carbons (Fsp3) is 0.581. The quantitative estimate of drug-likeness (QED) is 0.507. The first-order valence-electron chi connectivity index (χ1n) is 14.8. The monoisotopic (exact) mass is 576 g/mol. The molecule has 0 aromatic heterocycles. The highest BCUT2D eigenvalue weighted by molar-refractivity contribution is 6.06. The van der Waals surface area contributed by atoms with Gasteiger partial charge in [-0.2, -0.15) is 10.3 Å². The van der Waals surface area contributed by atoms with Gasteiger partial charge in [0.15, 0.2) is 5.78 Å². The average molecular weight is 577 g/mol. The number of likely N-dealkylation sites (tertiary alicyclic amines) is 1. The van der Waals surface area contributed by atoms with Crippen LogP contribution in [-0.4, -0.2) is 102 Å². The second kappa shape index (κ2) is 11.6. The second-order valence-corrected chi connectivity index (χ2v) is 12.0. The van der Waals surface area contributed by atoms with Gasteiger partial charge in [0, 0.05) is 43.6 Å². The SMILES string of the molecule is C=CC(=O)N1CCN(C2=NC(OCC3CCCN3C)=NC3C(=O)[C@]4(CCC23)Cc2cccc(F)c2CO4)CC1CC#N. The summed E-state index contributed by atoms with van der Waals surface area (Å²) in [5, 5.41) is 9.49. The number of fused-ring (bicyclic) bond motifs is 2. The van der Waals surface area contributed by atoms with E-state index in [0.29, 0.717) is 56.9 Å². The van der Waals surface area contributed by atoms with E-state index in [1.807, 2.05) is 6.07 Å². The number of carbonyl (C=O) groups excluding carboxylic acids is 2. The zero-order valence-corrected chi connectivity index (χ0v) is 24.0. The summed E-state index contributed by atoms with van der Waals surface area (Å²) in [7, 11) is 2.07. The van der Waals surface area contributed by atoms with Gasteiger partial charge >= 0.3 is 6.02 Å². The van der Waals surface area contributed by atoms with Crippen LogP contribution in [0.15, 0.2) is 40.8 Å². The third kappa shape index (κ3) is 5.11. The molecule has 2 saturated heterocycles. The molecule has 4 aliphatic heterocycles. The molecule has 42 heavy (non-hydrogen) atoms. The van der Waals surface area contributed by atoms with Crippen LogP contribution in [0.25, 0.3) is 0 Å². The Balaban J connectivity index is 1.29. The fourth-order valence-electron chi connectivity index (χ4n) is 7.17. The zero-order chi connectivity index (χ0) is 29.4. The van der Waals surface area contributed by atoms with E-state index < -0.39 is 11.6 Å². The normalized spacial score (nSPS) is 31.1. The highest BCUT2D eigenvalue weighted by Crippen LogP contribution is 2.43. The van der Waals surface area contributed by atoms with E-state index in [1.54, 1.807) is 11.0 Å². The Bertz CT molecular complexity index is 1370. The number of nitriles is 1. The largest absolute Gasteiger partial charge is 0.462 e. The molecule has 1 saturated carbocycles. The fourth-order valence-corrected chi connectivity index (χ4v) is 7.17. The van der Waals surface area contributed by atoms with Crippen molar-refractivity contribution in [3.05, 3.63) is 47.8 Å². The van der Waals surface area contributed by atoms with E-state index in [2.05, 4.69) is 29.5 Å². The predicted octanol–water partition coefficient (Wildman–Crippen LogP) is 2.48. The van der Waals surface area contributed by atoms with Gasteiger partial charge in [0.25, 0.3) is 0 Å². The van der Waals surface area contributed by atoms with Crippen LogP contribution in [-0.2, 0) is 32.1 Å². The summed E-state index contributed by atoms with van der Waals surface area (Å²) in [6.45, 7) is 6.42. The molecule has 4 heterocycles. The molecule has 1 amide bonds. The molecule has 1 aromatic carbocycles. The van der Waals surface area contributed by atoms with Crippen molar-refractivity contribution in [1.82, 2.24) is 14.7 Å².